The Bertz CT molecular complexity index is 210. The average Bonchev–Trinajstić information content (AvgIpc) is 2.20. The van der Waals surface area contributed by atoms with E-state index in [1.165, 1.54) is 7.11 Å². The number of carbonyl (C=O) groups excluding carboxylic acids is 1. The molecule has 1 aliphatic rings. The van der Waals surface area contributed by atoms with Gasteiger partial charge in [0, 0.05) is 19.2 Å². The predicted octanol–water partition coefficient (Wildman–Crippen LogP) is 1.49. The van der Waals surface area contributed by atoms with E-state index in [9.17, 15) is 4.79 Å². The van der Waals surface area contributed by atoms with Crippen molar-refractivity contribution >= 4 is 5.97 Å². The van der Waals surface area contributed by atoms with Crippen LogP contribution in [0.5, 0.6) is 0 Å². The summed E-state index contributed by atoms with van der Waals surface area (Å²) in [6.07, 6.45) is 4.18. The van der Waals surface area contributed by atoms with E-state index in [2.05, 4.69) is 19.2 Å². The first-order valence-electron chi connectivity index (χ1n) is 6.06. The van der Waals surface area contributed by atoms with Crippen molar-refractivity contribution in [3.05, 3.63) is 0 Å². The van der Waals surface area contributed by atoms with Crippen molar-refractivity contribution in [1.82, 2.24) is 5.32 Å². The van der Waals surface area contributed by atoms with Gasteiger partial charge in [0.15, 0.2) is 0 Å². The average molecular weight is 229 g/mol. The number of hydrogen-bond donors (Lipinski definition) is 1. The second kappa shape index (κ2) is 6.86. The minimum atomic E-state index is -0.247. The van der Waals surface area contributed by atoms with Crippen LogP contribution < -0.4 is 5.32 Å². The molecule has 1 rings (SSSR count). The van der Waals surface area contributed by atoms with E-state index in [4.69, 9.17) is 9.47 Å². The van der Waals surface area contributed by atoms with Gasteiger partial charge in [0.1, 0.15) is 12.7 Å². The zero-order valence-corrected chi connectivity index (χ0v) is 10.5. The highest BCUT2D eigenvalue weighted by Gasteiger charge is 2.23. The Balaban J connectivity index is 2.19. The van der Waals surface area contributed by atoms with E-state index in [1.54, 1.807) is 0 Å². The lowest BCUT2D eigenvalue weighted by molar-refractivity contribution is -0.155. The lowest BCUT2D eigenvalue weighted by Gasteiger charge is -2.30. The van der Waals surface area contributed by atoms with E-state index in [0.29, 0.717) is 12.1 Å². The van der Waals surface area contributed by atoms with E-state index >= 15 is 0 Å². The Morgan fingerprint density at radius 1 is 1.31 bits per heavy atom. The molecule has 0 aliphatic heterocycles. The fourth-order valence-corrected chi connectivity index (χ4v) is 2.16. The topological polar surface area (TPSA) is 47.6 Å². The first kappa shape index (κ1) is 13.5. The zero-order chi connectivity index (χ0) is 12.0. The van der Waals surface area contributed by atoms with Crippen molar-refractivity contribution in [2.45, 2.75) is 57.7 Å². The maximum atomic E-state index is 11.2. The van der Waals surface area contributed by atoms with Crippen LogP contribution in [0, 0.1) is 0 Å². The second-order valence-corrected chi connectivity index (χ2v) is 4.72. The summed E-state index contributed by atoms with van der Waals surface area (Å²) in [5.74, 6) is -0.247. The first-order chi connectivity index (χ1) is 7.61. The summed E-state index contributed by atoms with van der Waals surface area (Å²) in [7, 11) is 1.50. The van der Waals surface area contributed by atoms with Crippen molar-refractivity contribution in [1.29, 1.82) is 0 Å². The minimum Gasteiger partial charge on any atom is -0.461 e. The summed E-state index contributed by atoms with van der Waals surface area (Å²) in [6.45, 7) is 4.37. The van der Waals surface area contributed by atoms with Crippen LogP contribution in [-0.2, 0) is 14.3 Å². The molecule has 1 fully saturated rings. The molecule has 0 spiro atoms. The van der Waals surface area contributed by atoms with Crippen LogP contribution in [0.25, 0.3) is 0 Å². The molecular weight excluding hydrogens is 206 g/mol. The fourth-order valence-electron chi connectivity index (χ4n) is 2.16. The number of methoxy groups -OCH3 is 1. The Labute approximate surface area is 97.7 Å². The van der Waals surface area contributed by atoms with Crippen LogP contribution >= 0.6 is 0 Å². The third kappa shape index (κ3) is 4.94. The van der Waals surface area contributed by atoms with Crippen molar-refractivity contribution in [2.75, 3.05) is 13.7 Å². The van der Waals surface area contributed by atoms with Crippen LogP contribution in [-0.4, -0.2) is 37.9 Å². The molecule has 0 bridgehead atoms. The quantitative estimate of drug-likeness (QED) is 0.725. The summed E-state index contributed by atoms with van der Waals surface area (Å²) >= 11 is 0. The van der Waals surface area contributed by atoms with Gasteiger partial charge in [-0.3, -0.25) is 0 Å². The van der Waals surface area contributed by atoms with Crippen LogP contribution in [0.4, 0.5) is 0 Å². The fraction of sp³-hybridized carbons (Fsp3) is 0.917. The Hall–Kier alpha value is -0.610. The molecule has 94 valence electrons. The third-order valence-corrected chi connectivity index (χ3v) is 2.80. The van der Waals surface area contributed by atoms with Gasteiger partial charge in [-0.05, 0) is 25.7 Å². The molecule has 0 aromatic heterocycles. The standard InChI is InChI=1S/C12H23NO3/c1-9(2)13-10-4-6-11(7-5-10)16-12(14)8-15-3/h9-11,13H,4-8H2,1-3H3. The molecule has 0 amide bonds. The van der Waals surface area contributed by atoms with Gasteiger partial charge < -0.3 is 14.8 Å². The van der Waals surface area contributed by atoms with Gasteiger partial charge in [-0.1, -0.05) is 13.8 Å². The molecule has 0 heterocycles. The van der Waals surface area contributed by atoms with Crippen LogP contribution in [0.15, 0.2) is 0 Å². The summed E-state index contributed by atoms with van der Waals surface area (Å²) in [6, 6.07) is 1.11. The van der Waals surface area contributed by atoms with Gasteiger partial charge in [0.2, 0.25) is 0 Å². The van der Waals surface area contributed by atoms with E-state index < -0.39 is 0 Å². The monoisotopic (exact) mass is 229 g/mol. The summed E-state index contributed by atoms with van der Waals surface area (Å²) < 4.78 is 10.0. The zero-order valence-electron chi connectivity index (χ0n) is 10.5. The van der Waals surface area contributed by atoms with Crippen molar-refractivity contribution in [3.63, 3.8) is 0 Å². The number of nitrogens with one attached hydrogen (secondary N) is 1. The molecule has 16 heavy (non-hydrogen) atoms. The van der Waals surface area contributed by atoms with Crippen LogP contribution in [0.1, 0.15) is 39.5 Å². The van der Waals surface area contributed by atoms with Gasteiger partial charge in [-0.15, -0.1) is 0 Å². The maximum absolute atomic E-state index is 11.2. The molecule has 0 radical (unpaired) electrons. The molecule has 0 atom stereocenters. The van der Waals surface area contributed by atoms with Crippen LogP contribution in [0.2, 0.25) is 0 Å². The molecule has 0 saturated heterocycles. The third-order valence-electron chi connectivity index (χ3n) is 2.80. The lowest BCUT2D eigenvalue weighted by atomic mass is 9.92. The molecule has 4 heteroatoms. The molecule has 1 N–H and O–H groups in total. The number of hydrogen-bond acceptors (Lipinski definition) is 4. The highest BCUT2D eigenvalue weighted by atomic mass is 16.6. The Morgan fingerprint density at radius 2 is 1.94 bits per heavy atom. The van der Waals surface area contributed by atoms with E-state index in [1.807, 2.05) is 0 Å². The van der Waals surface area contributed by atoms with Gasteiger partial charge in [0.05, 0.1) is 0 Å². The smallest absolute Gasteiger partial charge is 0.332 e. The summed E-state index contributed by atoms with van der Waals surface area (Å²) in [4.78, 5) is 11.2. The van der Waals surface area contributed by atoms with Gasteiger partial charge in [-0.25, -0.2) is 4.79 Å². The Morgan fingerprint density at radius 3 is 2.44 bits per heavy atom. The molecule has 0 unspecified atom stereocenters. The van der Waals surface area contributed by atoms with Crippen molar-refractivity contribution in [3.8, 4) is 0 Å². The molecule has 4 nitrogen and oxygen atoms in total. The summed E-state index contributed by atoms with van der Waals surface area (Å²) in [5.41, 5.74) is 0. The highest BCUT2D eigenvalue weighted by molar-refractivity contribution is 5.70. The number of ether oxygens (including phenoxy) is 2. The largest absolute Gasteiger partial charge is 0.461 e. The number of esters is 1. The summed E-state index contributed by atoms with van der Waals surface area (Å²) in [5, 5.41) is 3.52. The lowest BCUT2D eigenvalue weighted by Crippen LogP contribution is -2.39. The predicted molar refractivity (Wildman–Crippen MR) is 62.3 cm³/mol. The molecule has 1 aliphatic carbocycles. The SMILES string of the molecule is COCC(=O)OC1CCC(NC(C)C)CC1. The van der Waals surface area contributed by atoms with Gasteiger partial charge in [-0.2, -0.15) is 0 Å². The molecular formula is C12H23NO3. The highest BCUT2D eigenvalue weighted by Crippen LogP contribution is 2.21. The minimum absolute atomic E-state index is 0.0597. The van der Waals surface area contributed by atoms with Crippen molar-refractivity contribution in [2.24, 2.45) is 0 Å². The normalized spacial score (nSPS) is 25.8. The molecule has 0 aromatic carbocycles. The first-order valence-corrected chi connectivity index (χ1v) is 6.06. The molecule has 1 saturated carbocycles. The Kier molecular flexibility index (Phi) is 5.77. The van der Waals surface area contributed by atoms with Gasteiger partial charge in [0.25, 0.3) is 0 Å². The molecule has 0 aromatic rings. The number of carbonyl (C=O) groups is 1. The number of rotatable bonds is 5. The second-order valence-electron chi connectivity index (χ2n) is 4.72. The van der Waals surface area contributed by atoms with Crippen LogP contribution in [0.3, 0.4) is 0 Å². The van der Waals surface area contributed by atoms with E-state index in [-0.39, 0.29) is 18.7 Å². The van der Waals surface area contributed by atoms with E-state index in [0.717, 1.165) is 25.7 Å². The van der Waals surface area contributed by atoms with Crippen molar-refractivity contribution < 1.29 is 14.3 Å². The van der Waals surface area contributed by atoms with Gasteiger partial charge >= 0.3 is 5.97 Å². The maximum Gasteiger partial charge on any atom is 0.332 e.